The maximum Gasteiger partial charge on any atom is 0.315 e. The van der Waals surface area contributed by atoms with E-state index in [9.17, 15) is 4.79 Å². The van der Waals surface area contributed by atoms with Crippen molar-refractivity contribution >= 4 is 16.0 Å². The van der Waals surface area contributed by atoms with Crippen LogP contribution in [0.5, 0.6) is 0 Å². The standard InChI is InChI=1S/C16H32O2S/c1-8-16(5,13-14(3)4)15(17)18-11-10-12-19(6,7)9-2/h13H,8-12H2,1-7H3. The number of hydrogen-bond acceptors (Lipinski definition) is 2. The number of carbonyl (C=O) groups excluding carboxylic acids is 1. The third kappa shape index (κ3) is 7.05. The largest absolute Gasteiger partial charge is 0.465 e. The van der Waals surface area contributed by atoms with Crippen LogP contribution in [0.4, 0.5) is 0 Å². The number of allylic oxidation sites excluding steroid dienone is 1. The van der Waals surface area contributed by atoms with Crippen LogP contribution in [-0.2, 0) is 9.53 Å². The molecule has 0 saturated heterocycles. The molecule has 0 aromatic heterocycles. The fourth-order valence-electron chi connectivity index (χ4n) is 1.87. The van der Waals surface area contributed by atoms with Crippen molar-refractivity contribution in [3.63, 3.8) is 0 Å². The van der Waals surface area contributed by atoms with Crippen molar-refractivity contribution in [3.05, 3.63) is 11.6 Å². The minimum Gasteiger partial charge on any atom is -0.465 e. The van der Waals surface area contributed by atoms with Crippen molar-refractivity contribution in [2.75, 3.05) is 30.6 Å². The van der Waals surface area contributed by atoms with E-state index in [1.54, 1.807) is 0 Å². The highest BCUT2D eigenvalue weighted by atomic mass is 32.3. The first kappa shape index (κ1) is 18.6. The first-order valence-electron chi connectivity index (χ1n) is 7.19. The van der Waals surface area contributed by atoms with Crippen LogP contribution in [0.15, 0.2) is 11.6 Å². The molecule has 0 radical (unpaired) electrons. The molecule has 0 rings (SSSR count). The zero-order valence-corrected chi connectivity index (χ0v) is 14.7. The summed E-state index contributed by atoms with van der Waals surface area (Å²) in [6.07, 6.45) is 8.47. The zero-order chi connectivity index (χ0) is 15.1. The van der Waals surface area contributed by atoms with Crippen LogP contribution in [0.3, 0.4) is 0 Å². The summed E-state index contributed by atoms with van der Waals surface area (Å²) in [4.78, 5) is 12.2. The molecule has 0 fully saturated rings. The first-order valence-corrected chi connectivity index (χ1v) is 9.97. The minimum absolute atomic E-state index is 0.0829. The van der Waals surface area contributed by atoms with Gasteiger partial charge in [-0.05, 0) is 57.6 Å². The number of ether oxygens (including phenoxy) is 1. The summed E-state index contributed by atoms with van der Waals surface area (Å²) in [5.41, 5.74) is 0.698. The van der Waals surface area contributed by atoms with Gasteiger partial charge >= 0.3 is 5.97 Å². The molecule has 0 aliphatic heterocycles. The Hall–Kier alpha value is -0.440. The molecule has 19 heavy (non-hydrogen) atoms. The van der Waals surface area contributed by atoms with Crippen LogP contribution in [0.25, 0.3) is 0 Å². The van der Waals surface area contributed by atoms with Gasteiger partial charge in [-0.15, -0.1) is 0 Å². The Bertz CT molecular complexity index is 317. The summed E-state index contributed by atoms with van der Waals surface area (Å²) < 4.78 is 5.47. The molecule has 0 aliphatic carbocycles. The molecular formula is C16H32O2S. The first-order chi connectivity index (χ1) is 8.67. The van der Waals surface area contributed by atoms with E-state index in [0.29, 0.717) is 6.61 Å². The average molecular weight is 288 g/mol. The lowest BCUT2D eigenvalue weighted by Gasteiger charge is -2.29. The molecule has 2 nitrogen and oxygen atoms in total. The molecule has 0 saturated carbocycles. The molecule has 0 amide bonds. The topological polar surface area (TPSA) is 26.3 Å². The maximum absolute atomic E-state index is 12.2. The van der Waals surface area contributed by atoms with E-state index in [4.69, 9.17) is 4.74 Å². The van der Waals surface area contributed by atoms with Gasteiger partial charge in [0.2, 0.25) is 0 Å². The number of carbonyl (C=O) groups is 1. The molecule has 1 atom stereocenters. The predicted octanol–water partition coefficient (Wildman–Crippen LogP) is 4.39. The van der Waals surface area contributed by atoms with Gasteiger partial charge in [-0.3, -0.25) is 4.79 Å². The van der Waals surface area contributed by atoms with Crippen molar-refractivity contribution < 1.29 is 9.53 Å². The monoisotopic (exact) mass is 288 g/mol. The van der Waals surface area contributed by atoms with Crippen molar-refractivity contribution in [3.8, 4) is 0 Å². The quantitative estimate of drug-likeness (QED) is 0.376. The van der Waals surface area contributed by atoms with Gasteiger partial charge < -0.3 is 4.74 Å². The van der Waals surface area contributed by atoms with Gasteiger partial charge in [-0.25, -0.2) is 10.0 Å². The Morgan fingerprint density at radius 2 is 1.84 bits per heavy atom. The van der Waals surface area contributed by atoms with E-state index < -0.39 is 15.4 Å². The van der Waals surface area contributed by atoms with Crippen LogP contribution in [0.2, 0.25) is 0 Å². The van der Waals surface area contributed by atoms with Gasteiger partial charge in [0, 0.05) is 0 Å². The van der Waals surface area contributed by atoms with Crippen LogP contribution in [0, 0.1) is 5.41 Å². The van der Waals surface area contributed by atoms with Gasteiger partial charge in [0.15, 0.2) is 0 Å². The van der Waals surface area contributed by atoms with Gasteiger partial charge in [0.1, 0.15) is 0 Å². The summed E-state index contributed by atoms with van der Waals surface area (Å²) in [7, 11) is -0.481. The molecular weight excluding hydrogens is 256 g/mol. The fraction of sp³-hybridized carbons (Fsp3) is 0.812. The van der Waals surface area contributed by atoms with Crippen molar-refractivity contribution in [2.45, 2.75) is 47.5 Å². The number of hydrogen-bond donors (Lipinski definition) is 0. The Balaban J connectivity index is 4.27. The Kier molecular flexibility index (Phi) is 7.80. The average Bonchev–Trinajstić information content (AvgIpc) is 2.33. The normalized spacial score (nSPS) is 15.5. The van der Waals surface area contributed by atoms with Crippen LogP contribution >= 0.6 is 10.0 Å². The summed E-state index contributed by atoms with van der Waals surface area (Å²) in [5, 5.41) is 0. The second-order valence-electron chi connectivity index (χ2n) is 6.24. The third-order valence-electron chi connectivity index (χ3n) is 3.66. The minimum atomic E-state index is -0.481. The number of esters is 1. The molecule has 0 N–H and O–H groups in total. The Morgan fingerprint density at radius 3 is 2.26 bits per heavy atom. The Labute approximate surface area is 121 Å². The lowest BCUT2D eigenvalue weighted by atomic mass is 9.86. The van der Waals surface area contributed by atoms with Gasteiger partial charge in [0.25, 0.3) is 0 Å². The van der Waals surface area contributed by atoms with E-state index in [1.165, 1.54) is 11.5 Å². The molecule has 0 aromatic carbocycles. The highest BCUT2D eigenvalue weighted by molar-refractivity contribution is 8.32. The zero-order valence-electron chi connectivity index (χ0n) is 13.8. The van der Waals surface area contributed by atoms with E-state index in [-0.39, 0.29) is 5.97 Å². The predicted molar refractivity (Wildman–Crippen MR) is 88.3 cm³/mol. The summed E-state index contributed by atoms with van der Waals surface area (Å²) in [6, 6.07) is 0. The smallest absolute Gasteiger partial charge is 0.315 e. The van der Waals surface area contributed by atoms with Crippen LogP contribution < -0.4 is 0 Å². The summed E-state index contributed by atoms with van der Waals surface area (Å²) in [6.45, 7) is 10.8. The van der Waals surface area contributed by atoms with Crippen LogP contribution in [-0.4, -0.2) is 36.6 Å². The maximum atomic E-state index is 12.2. The van der Waals surface area contributed by atoms with Crippen LogP contribution in [0.1, 0.15) is 47.5 Å². The molecule has 0 spiro atoms. The lowest BCUT2D eigenvalue weighted by molar-refractivity contribution is -0.152. The summed E-state index contributed by atoms with van der Waals surface area (Å²) >= 11 is 0. The molecule has 114 valence electrons. The highest BCUT2D eigenvalue weighted by Gasteiger charge is 2.30. The van der Waals surface area contributed by atoms with Crippen molar-refractivity contribution in [1.29, 1.82) is 0 Å². The second kappa shape index (κ2) is 7.98. The molecule has 0 aliphatic rings. The SMILES string of the molecule is CCC(C)(C=C(C)C)C(=O)OCCCS(C)(C)CC. The molecule has 1 unspecified atom stereocenters. The summed E-state index contributed by atoms with van der Waals surface area (Å²) in [5.74, 6) is 2.34. The molecule has 0 heterocycles. The van der Waals surface area contributed by atoms with Gasteiger partial charge in [-0.1, -0.05) is 25.5 Å². The number of rotatable bonds is 8. The van der Waals surface area contributed by atoms with E-state index in [1.807, 2.05) is 33.8 Å². The molecule has 3 heteroatoms. The van der Waals surface area contributed by atoms with E-state index in [2.05, 4.69) is 19.4 Å². The second-order valence-corrected chi connectivity index (χ2v) is 10.8. The highest BCUT2D eigenvalue weighted by Crippen LogP contribution is 2.39. The van der Waals surface area contributed by atoms with E-state index >= 15 is 0 Å². The van der Waals surface area contributed by atoms with Crippen molar-refractivity contribution in [2.24, 2.45) is 5.41 Å². The lowest BCUT2D eigenvalue weighted by Crippen LogP contribution is -2.28. The fourth-order valence-corrected chi connectivity index (χ4v) is 3.05. The third-order valence-corrected chi connectivity index (χ3v) is 6.62. The Morgan fingerprint density at radius 1 is 1.26 bits per heavy atom. The van der Waals surface area contributed by atoms with Gasteiger partial charge in [-0.2, -0.15) is 0 Å². The van der Waals surface area contributed by atoms with Crippen molar-refractivity contribution in [1.82, 2.24) is 0 Å². The van der Waals surface area contributed by atoms with E-state index in [0.717, 1.165) is 18.4 Å². The molecule has 0 aromatic rings. The molecule has 0 bridgehead atoms. The van der Waals surface area contributed by atoms with Gasteiger partial charge in [0.05, 0.1) is 12.0 Å².